The number of rotatable bonds is 8. The van der Waals surface area contributed by atoms with Gasteiger partial charge >= 0.3 is 12.1 Å². The molecular weight excluding hydrogens is 434 g/mol. The SMILES string of the molecule is CC(C)(C)OC(=O)NCC(SC(c1ccccc1)(c1ccccc1)c1ccccc1)C(=O)O. The highest BCUT2D eigenvalue weighted by atomic mass is 32.2. The van der Waals surface area contributed by atoms with Crippen molar-refractivity contribution in [1.82, 2.24) is 5.32 Å². The monoisotopic (exact) mass is 463 g/mol. The van der Waals surface area contributed by atoms with Gasteiger partial charge in [-0.2, -0.15) is 0 Å². The van der Waals surface area contributed by atoms with Crippen LogP contribution in [0.2, 0.25) is 0 Å². The number of alkyl carbamates (subject to hydrolysis) is 1. The zero-order valence-electron chi connectivity index (χ0n) is 19.0. The normalized spacial score (nSPS) is 12.6. The van der Waals surface area contributed by atoms with Crippen LogP contribution in [-0.2, 0) is 14.3 Å². The summed E-state index contributed by atoms with van der Waals surface area (Å²) in [6.07, 6.45) is -0.640. The van der Waals surface area contributed by atoms with E-state index in [2.05, 4.69) is 5.32 Å². The maximum Gasteiger partial charge on any atom is 0.407 e. The second-order valence-corrected chi connectivity index (χ2v) is 10.0. The minimum absolute atomic E-state index is 0.0802. The minimum atomic E-state index is -1.01. The molecule has 0 aromatic heterocycles. The molecule has 1 amide bonds. The first-order valence-electron chi connectivity index (χ1n) is 10.8. The van der Waals surface area contributed by atoms with Crippen molar-refractivity contribution < 1.29 is 19.4 Å². The van der Waals surface area contributed by atoms with E-state index in [1.807, 2.05) is 91.0 Å². The van der Waals surface area contributed by atoms with E-state index >= 15 is 0 Å². The lowest BCUT2D eigenvalue weighted by Gasteiger charge is -2.37. The molecule has 0 aliphatic carbocycles. The number of hydrogen-bond donors (Lipinski definition) is 2. The number of carboxylic acid groups (broad SMARTS) is 1. The number of thioether (sulfide) groups is 1. The molecule has 6 heteroatoms. The molecule has 1 atom stereocenters. The molecule has 0 spiro atoms. The van der Waals surface area contributed by atoms with Gasteiger partial charge < -0.3 is 15.2 Å². The molecule has 2 N–H and O–H groups in total. The molecule has 5 nitrogen and oxygen atoms in total. The van der Waals surface area contributed by atoms with Crippen LogP contribution in [0.15, 0.2) is 91.0 Å². The fraction of sp³-hybridized carbons (Fsp3) is 0.259. The lowest BCUT2D eigenvalue weighted by Crippen LogP contribution is -2.41. The molecule has 0 saturated heterocycles. The highest BCUT2D eigenvalue weighted by Crippen LogP contribution is 2.50. The Morgan fingerprint density at radius 2 is 1.21 bits per heavy atom. The number of ether oxygens (including phenoxy) is 1. The molecule has 33 heavy (non-hydrogen) atoms. The summed E-state index contributed by atoms with van der Waals surface area (Å²) in [5.74, 6) is -1.01. The summed E-state index contributed by atoms with van der Waals surface area (Å²) < 4.78 is 4.50. The molecular formula is C27H29NO4S. The van der Waals surface area contributed by atoms with Gasteiger partial charge in [0.05, 0.1) is 4.75 Å². The van der Waals surface area contributed by atoms with E-state index in [4.69, 9.17) is 4.74 Å². The Labute approximate surface area is 199 Å². The van der Waals surface area contributed by atoms with Gasteiger partial charge in [-0.25, -0.2) is 4.79 Å². The zero-order chi connectivity index (χ0) is 23.9. The van der Waals surface area contributed by atoms with Crippen molar-refractivity contribution in [3.8, 4) is 0 Å². The fourth-order valence-corrected chi connectivity index (χ4v) is 5.12. The summed E-state index contributed by atoms with van der Waals surface area (Å²) in [7, 11) is 0. The number of carboxylic acids is 1. The lowest BCUT2D eigenvalue weighted by molar-refractivity contribution is -0.136. The Morgan fingerprint density at radius 3 is 1.55 bits per heavy atom. The molecule has 0 fully saturated rings. The van der Waals surface area contributed by atoms with Crippen LogP contribution in [0.1, 0.15) is 37.5 Å². The molecule has 0 saturated carbocycles. The first-order chi connectivity index (χ1) is 15.7. The summed E-state index contributed by atoms with van der Waals surface area (Å²) >= 11 is 1.29. The standard InChI is InChI=1S/C27H29NO4S/c1-26(2,3)32-25(31)28-19-23(24(29)30)33-27(20-13-7-4-8-14-20,21-15-9-5-10-16-21)22-17-11-6-12-18-22/h4-18,23H,19H2,1-3H3,(H,28,31)(H,29,30). The summed E-state index contributed by atoms with van der Waals surface area (Å²) in [4.78, 5) is 24.6. The van der Waals surface area contributed by atoms with Crippen molar-refractivity contribution in [3.05, 3.63) is 108 Å². The van der Waals surface area contributed by atoms with Gasteiger partial charge in [-0.05, 0) is 37.5 Å². The van der Waals surface area contributed by atoms with Crippen molar-refractivity contribution in [2.24, 2.45) is 0 Å². The van der Waals surface area contributed by atoms with Crippen LogP contribution in [0.3, 0.4) is 0 Å². The summed E-state index contributed by atoms with van der Waals surface area (Å²) in [6, 6.07) is 29.6. The molecule has 3 aromatic rings. The van der Waals surface area contributed by atoms with Gasteiger partial charge in [0.2, 0.25) is 0 Å². The highest BCUT2D eigenvalue weighted by molar-refractivity contribution is 8.02. The third kappa shape index (κ3) is 6.17. The predicted octanol–water partition coefficient (Wildman–Crippen LogP) is 5.69. The summed E-state index contributed by atoms with van der Waals surface area (Å²) in [6.45, 7) is 5.22. The summed E-state index contributed by atoms with van der Waals surface area (Å²) in [5, 5.41) is 11.8. The lowest BCUT2D eigenvalue weighted by atomic mass is 9.84. The van der Waals surface area contributed by atoms with Gasteiger partial charge in [0, 0.05) is 6.54 Å². The van der Waals surface area contributed by atoms with Crippen LogP contribution >= 0.6 is 11.8 Å². The second-order valence-electron chi connectivity index (χ2n) is 8.61. The summed E-state index contributed by atoms with van der Waals surface area (Å²) in [5.41, 5.74) is 2.19. The third-order valence-electron chi connectivity index (χ3n) is 4.97. The molecule has 0 aliphatic heterocycles. The second kappa shape index (κ2) is 10.6. The van der Waals surface area contributed by atoms with Crippen molar-refractivity contribution in [1.29, 1.82) is 0 Å². The molecule has 3 aromatic carbocycles. The first-order valence-corrected chi connectivity index (χ1v) is 11.6. The number of hydrogen-bond acceptors (Lipinski definition) is 4. The first kappa shape index (κ1) is 24.4. The van der Waals surface area contributed by atoms with E-state index < -0.39 is 27.7 Å². The van der Waals surface area contributed by atoms with Gasteiger partial charge in [0.1, 0.15) is 10.9 Å². The van der Waals surface area contributed by atoms with Crippen molar-refractivity contribution in [2.75, 3.05) is 6.54 Å². The predicted molar refractivity (Wildman–Crippen MR) is 132 cm³/mol. The van der Waals surface area contributed by atoms with Crippen LogP contribution in [0.5, 0.6) is 0 Å². The van der Waals surface area contributed by atoms with Gasteiger partial charge in [0.15, 0.2) is 0 Å². The zero-order valence-corrected chi connectivity index (χ0v) is 19.8. The van der Waals surface area contributed by atoms with Crippen LogP contribution in [-0.4, -0.2) is 34.6 Å². The van der Waals surface area contributed by atoms with Crippen LogP contribution in [0, 0.1) is 0 Å². The number of amides is 1. The fourth-order valence-electron chi connectivity index (χ4n) is 3.61. The smallest absolute Gasteiger partial charge is 0.407 e. The van der Waals surface area contributed by atoms with Crippen LogP contribution in [0.4, 0.5) is 4.79 Å². The van der Waals surface area contributed by atoms with Gasteiger partial charge in [0.25, 0.3) is 0 Å². The minimum Gasteiger partial charge on any atom is -0.480 e. The average molecular weight is 464 g/mol. The number of nitrogens with one attached hydrogen (secondary N) is 1. The Bertz CT molecular complexity index is 953. The van der Waals surface area contributed by atoms with Crippen molar-refractivity contribution in [2.45, 2.75) is 36.4 Å². The molecule has 172 valence electrons. The number of carbonyl (C=O) groups excluding carboxylic acids is 1. The van der Waals surface area contributed by atoms with Crippen LogP contribution < -0.4 is 5.32 Å². The number of benzene rings is 3. The largest absolute Gasteiger partial charge is 0.480 e. The Kier molecular flexibility index (Phi) is 7.82. The van der Waals surface area contributed by atoms with E-state index in [1.165, 1.54) is 11.8 Å². The number of aliphatic carboxylic acids is 1. The van der Waals surface area contributed by atoms with E-state index in [1.54, 1.807) is 20.8 Å². The van der Waals surface area contributed by atoms with Crippen molar-refractivity contribution >= 4 is 23.8 Å². The molecule has 1 unspecified atom stereocenters. The van der Waals surface area contributed by atoms with Gasteiger partial charge in [-0.1, -0.05) is 91.0 Å². The molecule has 0 heterocycles. The molecule has 0 radical (unpaired) electrons. The quantitative estimate of drug-likeness (QED) is 0.420. The van der Waals surface area contributed by atoms with Crippen LogP contribution in [0.25, 0.3) is 0 Å². The van der Waals surface area contributed by atoms with E-state index in [-0.39, 0.29) is 6.54 Å². The highest BCUT2D eigenvalue weighted by Gasteiger charge is 2.41. The third-order valence-corrected chi connectivity index (χ3v) is 6.68. The maximum absolute atomic E-state index is 12.4. The van der Waals surface area contributed by atoms with Gasteiger partial charge in [-0.15, -0.1) is 11.8 Å². The van der Waals surface area contributed by atoms with Gasteiger partial charge in [-0.3, -0.25) is 4.79 Å². The Morgan fingerprint density at radius 1 is 0.818 bits per heavy atom. The van der Waals surface area contributed by atoms with E-state index in [9.17, 15) is 14.7 Å². The molecule has 3 rings (SSSR count). The molecule has 0 bridgehead atoms. The van der Waals surface area contributed by atoms with E-state index in [0.29, 0.717) is 0 Å². The maximum atomic E-state index is 12.4. The average Bonchev–Trinajstić information content (AvgIpc) is 2.80. The van der Waals surface area contributed by atoms with E-state index in [0.717, 1.165) is 16.7 Å². The van der Waals surface area contributed by atoms with Crippen molar-refractivity contribution in [3.63, 3.8) is 0 Å². The Balaban J connectivity index is 2.07. The Hall–Kier alpha value is -3.25. The topological polar surface area (TPSA) is 75.6 Å². The number of carbonyl (C=O) groups is 2. The molecule has 0 aliphatic rings.